The molecule has 0 unspecified atom stereocenters. The molecule has 0 spiro atoms. The van der Waals surface area contributed by atoms with E-state index in [9.17, 15) is 26.4 Å². The van der Waals surface area contributed by atoms with Gasteiger partial charge in [-0.15, -0.1) is 0 Å². The third kappa shape index (κ3) is 4.58. The van der Waals surface area contributed by atoms with Gasteiger partial charge in [0.15, 0.2) is 11.6 Å². The van der Waals surface area contributed by atoms with E-state index < -0.39 is 60.5 Å². The summed E-state index contributed by atoms with van der Waals surface area (Å²) in [6, 6.07) is 2.93. The van der Waals surface area contributed by atoms with E-state index in [-0.39, 0.29) is 12.2 Å². The monoisotopic (exact) mass is 456 g/mol. The second-order valence-electron chi connectivity index (χ2n) is 5.52. The Morgan fingerprint density at radius 1 is 1.11 bits per heavy atom. The molecule has 2 N–H and O–H groups in total. The topological polar surface area (TPSA) is 86.7 Å². The van der Waals surface area contributed by atoms with Crippen LogP contribution in [-0.4, -0.2) is 43.9 Å². The Balaban J connectivity index is 2.45. The van der Waals surface area contributed by atoms with Crippen molar-refractivity contribution in [3.63, 3.8) is 0 Å². The summed E-state index contributed by atoms with van der Waals surface area (Å²) in [6.45, 7) is -0.811. The maximum Gasteiger partial charge on any atom is 0.257 e. The summed E-state index contributed by atoms with van der Waals surface area (Å²) in [6.07, 6.45) is 0. The SMILES string of the molecule is CN(CCO)S(=O)(=O)c1cc(C(=O)Nc2cc(F)c(F)c(Cl)c2)c(Cl)cc1F. The van der Waals surface area contributed by atoms with Gasteiger partial charge >= 0.3 is 0 Å². The molecule has 2 rings (SSSR count). The van der Waals surface area contributed by atoms with Gasteiger partial charge in [-0.05, 0) is 18.2 Å². The number of anilines is 1. The quantitative estimate of drug-likeness (QED) is 0.653. The standard InChI is InChI=1S/C16H13Cl2F3N2O4S/c1-23(2-3-24)28(26,27)14-6-9(10(17)7-12(14)19)16(25)22-8-4-11(18)15(21)13(20)5-8/h4-7,24H,2-3H2,1H3,(H,22,25). The predicted molar refractivity (Wildman–Crippen MR) is 97.6 cm³/mol. The number of aliphatic hydroxyl groups is 1. The maximum atomic E-state index is 14.2. The van der Waals surface area contributed by atoms with E-state index in [0.29, 0.717) is 22.5 Å². The van der Waals surface area contributed by atoms with Gasteiger partial charge in [-0.1, -0.05) is 23.2 Å². The first kappa shape index (κ1) is 22.4. The van der Waals surface area contributed by atoms with E-state index in [0.717, 1.165) is 13.1 Å². The first-order valence-electron chi connectivity index (χ1n) is 7.51. The third-order valence-corrected chi connectivity index (χ3v) is 6.07. The zero-order valence-electron chi connectivity index (χ0n) is 14.1. The van der Waals surface area contributed by atoms with Crippen molar-refractivity contribution in [2.24, 2.45) is 0 Å². The zero-order valence-corrected chi connectivity index (χ0v) is 16.5. The largest absolute Gasteiger partial charge is 0.395 e. The number of hydrogen-bond acceptors (Lipinski definition) is 4. The van der Waals surface area contributed by atoms with Crippen molar-refractivity contribution in [1.82, 2.24) is 4.31 Å². The van der Waals surface area contributed by atoms with Crippen LogP contribution in [-0.2, 0) is 10.0 Å². The number of aliphatic hydroxyl groups excluding tert-OH is 1. The lowest BCUT2D eigenvalue weighted by Gasteiger charge is -2.17. The molecule has 28 heavy (non-hydrogen) atoms. The van der Waals surface area contributed by atoms with Crippen molar-refractivity contribution in [3.8, 4) is 0 Å². The molecule has 0 saturated heterocycles. The lowest BCUT2D eigenvalue weighted by atomic mass is 10.2. The number of sulfonamides is 1. The van der Waals surface area contributed by atoms with Crippen LogP contribution in [0.1, 0.15) is 10.4 Å². The fourth-order valence-corrected chi connectivity index (χ4v) is 3.83. The van der Waals surface area contributed by atoms with Crippen LogP contribution in [0.4, 0.5) is 18.9 Å². The van der Waals surface area contributed by atoms with Gasteiger partial charge < -0.3 is 10.4 Å². The molecule has 0 bridgehead atoms. The van der Waals surface area contributed by atoms with Gasteiger partial charge in [0, 0.05) is 25.3 Å². The Labute approximate surface area is 168 Å². The molecule has 2 aromatic rings. The number of likely N-dealkylation sites (N-methyl/N-ethyl adjacent to an activating group) is 1. The predicted octanol–water partition coefficient (Wildman–Crippen LogP) is 3.28. The number of nitrogens with one attached hydrogen (secondary N) is 1. The Morgan fingerprint density at radius 2 is 1.75 bits per heavy atom. The van der Waals surface area contributed by atoms with Crippen LogP contribution in [0.2, 0.25) is 10.0 Å². The number of nitrogens with zero attached hydrogens (tertiary/aromatic N) is 1. The van der Waals surface area contributed by atoms with Gasteiger partial charge in [0.2, 0.25) is 10.0 Å². The van der Waals surface area contributed by atoms with Gasteiger partial charge in [-0.25, -0.2) is 21.6 Å². The minimum atomic E-state index is -4.37. The molecule has 152 valence electrons. The van der Waals surface area contributed by atoms with Crippen molar-refractivity contribution in [1.29, 1.82) is 0 Å². The molecular formula is C16H13Cl2F3N2O4S. The van der Waals surface area contributed by atoms with Gasteiger partial charge in [0.1, 0.15) is 10.7 Å². The van der Waals surface area contributed by atoms with Gasteiger partial charge in [-0.3, -0.25) is 4.79 Å². The average molecular weight is 457 g/mol. The number of carbonyl (C=O) groups is 1. The normalized spacial score (nSPS) is 11.7. The van der Waals surface area contributed by atoms with E-state index in [2.05, 4.69) is 5.32 Å². The Hall–Kier alpha value is -1.85. The summed E-state index contributed by atoms with van der Waals surface area (Å²) in [5, 5.41) is 10.1. The highest BCUT2D eigenvalue weighted by Crippen LogP contribution is 2.28. The van der Waals surface area contributed by atoms with E-state index in [4.69, 9.17) is 28.3 Å². The summed E-state index contributed by atoms with van der Waals surface area (Å²) >= 11 is 11.3. The number of halogens is 5. The summed E-state index contributed by atoms with van der Waals surface area (Å²) in [5.74, 6) is -4.84. The average Bonchev–Trinajstić information content (AvgIpc) is 2.59. The molecule has 0 aliphatic heterocycles. The van der Waals surface area contributed by atoms with Crippen LogP contribution in [0.15, 0.2) is 29.2 Å². The molecule has 6 nitrogen and oxygen atoms in total. The van der Waals surface area contributed by atoms with Gasteiger partial charge in [-0.2, -0.15) is 4.31 Å². The van der Waals surface area contributed by atoms with Crippen molar-refractivity contribution < 1.29 is 31.5 Å². The van der Waals surface area contributed by atoms with Crippen molar-refractivity contribution in [2.45, 2.75) is 4.90 Å². The number of benzene rings is 2. The molecule has 0 radical (unpaired) electrons. The van der Waals surface area contributed by atoms with Crippen LogP contribution in [0.3, 0.4) is 0 Å². The molecule has 0 aromatic heterocycles. The molecule has 0 aliphatic rings. The number of rotatable bonds is 6. The van der Waals surface area contributed by atoms with Crippen LogP contribution < -0.4 is 5.32 Å². The fraction of sp³-hybridized carbons (Fsp3) is 0.188. The maximum absolute atomic E-state index is 14.2. The van der Waals surface area contributed by atoms with E-state index in [1.54, 1.807) is 0 Å². The van der Waals surface area contributed by atoms with E-state index >= 15 is 0 Å². The Bertz CT molecular complexity index is 1010. The molecular weight excluding hydrogens is 444 g/mol. The lowest BCUT2D eigenvalue weighted by Crippen LogP contribution is -2.30. The first-order chi connectivity index (χ1) is 13.0. The summed E-state index contributed by atoms with van der Waals surface area (Å²) < 4.78 is 66.3. The second-order valence-corrected chi connectivity index (χ2v) is 8.35. The van der Waals surface area contributed by atoms with Crippen molar-refractivity contribution in [3.05, 3.63) is 57.3 Å². The van der Waals surface area contributed by atoms with Gasteiger partial charge in [0.25, 0.3) is 5.91 Å². The molecule has 1 amide bonds. The molecule has 0 fully saturated rings. The number of hydrogen-bond donors (Lipinski definition) is 2. The number of carbonyl (C=O) groups excluding carboxylic acids is 1. The highest BCUT2D eigenvalue weighted by molar-refractivity contribution is 7.89. The van der Waals surface area contributed by atoms with E-state index in [1.807, 2.05) is 0 Å². The van der Waals surface area contributed by atoms with Gasteiger partial charge in [0.05, 0.1) is 22.2 Å². The zero-order chi connectivity index (χ0) is 21.2. The van der Waals surface area contributed by atoms with Crippen LogP contribution in [0.5, 0.6) is 0 Å². The summed E-state index contributed by atoms with van der Waals surface area (Å²) in [4.78, 5) is 11.6. The smallest absolute Gasteiger partial charge is 0.257 e. The third-order valence-electron chi connectivity index (χ3n) is 3.61. The van der Waals surface area contributed by atoms with E-state index in [1.165, 1.54) is 0 Å². The van der Waals surface area contributed by atoms with Crippen molar-refractivity contribution in [2.75, 3.05) is 25.5 Å². The highest BCUT2D eigenvalue weighted by atomic mass is 35.5. The highest BCUT2D eigenvalue weighted by Gasteiger charge is 2.27. The molecule has 12 heteroatoms. The Morgan fingerprint density at radius 3 is 2.32 bits per heavy atom. The minimum Gasteiger partial charge on any atom is -0.395 e. The van der Waals surface area contributed by atoms with Crippen LogP contribution in [0, 0.1) is 17.5 Å². The minimum absolute atomic E-state index is 0.226. The molecule has 0 atom stereocenters. The molecule has 0 saturated carbocycles. The Kier molecular flexibility index (Phi) is 6.94. The first-order valence-corrected chi connectivity index (χ1v) is 9.70. The molecule has 0 heterocycles. The summed E-state index contributed by atoms with van der Waals surface area (Å²) in [7, 11) is -3.25. The lowest BCUT2D eigenvalue weighted by molar-refractivity contribution is 0.102. The van der Waals surface area contributed by atoms with Crippen molar-refractivity contribution >= 4 is 44.8 Å². The van der Waals surface area contributed by atoms with Crippen LogP contribution in [0.25, 0.3) is 0 Å². The summed E-state index contributed by atoms with van der Waals surface area (Å²) in [5.41, 5.74) is -0.656. The number of amides is 1. The molecule has 2 aromatic carbocycles. The second kappa shape index (κ2) is 8.66. The fourth-order valence-electron chi connectivity index (χ4n) is 2.16. The molecule has 0 aliphatic carbocycles. The van der Waals surface area contributed by atoms with Crippen LogP contribution >= 0.6 is 23.2 Å².